The summed E-state index contributed by atoms with van der Waals surface area (Å²) in [4.78, 5) is 24.5. The van der Waals surface area contributed by atoms with Gasteiger partial charge in [0.2, 0.25) is 0 Å². The zero-order valence-corrected chi connectivity index (χ0v) is 17.0. The molecule has 0 amide bonds. The van der Waals surface area contributed by atoms with Crippen molar-refractivity contribution in [3.05, 3.63) is 47.0 Å². The molecule has 158 valence electrons. The zero-order chi connectivity index (χ0) is 21.6. The van der Waals surface area contributed by atoms with E-state index in [-0.39, 0.29) is 24.7 Å². The Hall–Kier alpha value is -2.24. The van der Waals surface area contributed by atoms with Gasteiger partial charge in [-0.25, -0.2) is 8.78 Å². The van der Waals surface area contributed by atoms with Gasteiger partial charge in [-0.2, -0.15) is 0 Å². The van der Waals surface area contributed by atoms with Crippen LogP contribution in [0.2, 0.25) is 0 Å². The average molecular weight is 406 g/mol. The first-order chi connectivity index (χ1) is 13.5. The van der Waals surface area contributed by atoms with Crippen LogP contribution in [0.4, 0.5) is 8.78 Å². The number of carboxylic acids is 2. The lowest BCUT2D eigenvalue weighted by molar-refractivity contribution is -0.181. The van der Waals surface area contributed by atoms with Crippen LogP contribution >= 0.6 is 0 Å². The fourth-order valence-corrected chi connectivity index (χ4v) is 5.25. The van der Waals surface area contributed by atoms with Crippen molar-refractivity contribution >= 4 is 11.9 Å². The van der Waals surface area contributed by atoms with Crippen LogP contribution in [0, 0.1) is 22.7 Å². The summed E-state index contributed by atoms with van der Waals surface area (Å²) >= 11 is 0. The number of halogens is 2. The largest absolute Gasteiger partial charge is 0.481 e. The molecule has 29 heavy (non-hydrogen) atoms. The number of aliphatic carboxylic acids is 2. The highest BCUT2D eigenvalue weighted by Gasteiger charge is 2.66. The van der Waals surface area contributed by atoms with Gasteiger partial charge in [-0.15, -0.1) is 0 Å². The fourth-order valence-electron chi connectivity index (χ4n) is 5.25. The fraction of sp³-hybridized carbons (Fsp3) is 0.565. The number of benzene rings is 1. The van der Waals surface area contributed by atoms with E-state index in [1.165, 1.54) is 6.92 Å². The molecule has 3 atom stereocenters. The van der Waals surface area contributed by atoms with Gasteiger partial charge in [0, 0.05) is 5.92 Å². The highest BCUT2D eigenvalue weighted by Crippen LogP contribution is 2.62. The lowest BCUT2D eigenvalue weighted by Gasteiger charge is -2.48. The van der Waals surface area contributed by atoms with E-state index in [0.717, 1.165) is 11.1 Å². The van der Waals surface area contributed by atoms with Gasteiger partial charge in [-0.1, -0.05) is 49.8 Å². The lowest BCUT2D eigenvalue weighted by Crippen LogP contribution is -2.56. The zero-order valence-electron chi connectivity index (χ0n) is 17.0. The Labute approximate surface area is 169 Å². The maximum absolute atomic E-state index is 14.4. The molecule has 2 aliphatic carbocycles. The monoisotopic (exact) mass is 406 g/mol. The van der Waals surface area contributed by atoms with Crippen molar-refractivity contribution < 1.29 is 28.6 Å². The third-order valence-electron chi connectivity index (χ3n) is 6.66. The number of hydrogen-bond acceptors (Lipinski definition) is 2. The molecule has 0 heterocycles. The number of rotatable bonds is 7. The van der Waals surface area contributed by atoms with Gasteiger partial charge in [0.1, 0.15) is 5.41 Å². The molecule has 1 saturated carbocycles. The van der Waals surface area contributed by atoms with E-state index in [2.05, 4.69) is 0 Å². The summed E-state index contributed by atoms with van der Waals surface area (Å²) in [6.07, 6.45) is -0.442. The van der Waals surface area contributed by atoms with Crippen LogP contribution in [0.15, 0.2) is 35.9 Å². The molecular formula is C23H28F2O4. The van der Waals surface area contributed by atoms with Crippen molar-refractivity contribution in [3.63, 3.8) is 0 Å². The predicted molar refractivity (Wildman–Crippen MR) is 105 cm³/mol. The predicted octanol–water partition coefficient (Wildman–Crippen LogP) is 5.14. The quantitative estimate of drug-likeness (QED) is 0.615. The molecule has 0 radical (unpaired) electrons. The first kappa shape index (κ1) is 21.5. The summed E-state index contributed by atoms with van der Waals surface area (Å²) in [6, 6.07) is 7.61. The van der Waals surface area contributed by atoms with E-state index in [9.17, 15) is 28.6 Å². The Morgan fingerprint density at radius 3 is 2.24 bits per heavy atom. The van der Waals surface area contributed by atoms with Gasteiger partial charge in [0.25, 0.3) is 6.43 Å². The third kappa shape index (κ3) is 3.58. The van der Waals surface area contributed by atoms with E-state index in [0.29, 0.717) is 18.4 Å². The molecule has 0 bridgehead atoms. The minimum absolute atomic E-state index is 0.208. The number of alkyl halides is 2. The van der Waals surface area contributed by atoms with Gasteiger partial charge < -0.3 is 10.2 Å². The Balaban J connectivity index is 2.14. The molecule has 2 N–H and O–H groups in total. The molecule has 0 spiro atoms. The van der Waals surface area contributed by atoms with Gasteiger partial charge >= 0.3 is 11.9 Å². The minimum Gasteiger partial charge on any atom is -0.481 e. The van der Waals surface area contributed by atoms with Crippen LogP contribution < -0.4 is 0 Å². The van der Waals surface area contributed by atoms with Crippen molar-refractivity contribution in [1.29, 1.82) is 0 Å². The second-order valence-electron chi connectivity index (χ2n) is 9.06. The highest BCUT2D eigenvalue weighted by atomic mass is 19.3. The number of allylic oxidation sites excluding steroid dienone is 1. The summed E-state index contributed by atoms with van der Waals surface area (Å²) in [5, 5.41) is 19.9. The summed E-state index contributed by atoms with van der Waals surface area (Å²) in [6.45, 7) is 5.46. The molecule has 3 unspecified atom stereocenters. The molecule has 1 aromatic carbocycles. The van der Waals surface area contributed by atoms with Gasteiger partial charge in [-0.3, -0.25) is 9.59 Å². The molecule has 2 aliphatic rings. The van der Waals surface area contributed by atoms with Crippen molar-refractivity contribution in [2.45, 2.75) is 58.8 Å². The summed E-state index contributed by atoms with van der Waals surface area (Å²) < 4.78 is 28.8. The molecule has 0 aromatic heterocycles. The van der Waals surface area contributed by atoms with Crippen molar-refractivity contribution in [2.24, 2.45) is 22.7 Å². The highest BCUT2D eigenvalue weighted by molar-refractivity contribution is 5.83. The van der Waals surface area contributed by atoms with Crippen molar-refractivity contribution in [3.8, 4) is 0 Å². The Kier molecular flexibility index (Phi) is 5.58. The first-order valence-electron chi connectivity index (χ1n) is 10.1. The maximum atomic E-state index is 14.4. The van der Waals surface area contributed by atoms with Crippen molar-refractivity contribution in [2.75, 3.05) is 0 Å². The Bertz CT molecular complexity index is 843. The average Bonchev–Trinajstić information content (AvgIpc) is 3.45. The Morgan fingerprint density at radius 1 is 1.14 bits per heavy atom. The van der Waals surface area contributed by atoms with E-state index < -0.39 is 35.1 Å². The molecule has 0 saturated heterocycles. The molecule has 6 heteroatoms. The van der Waals surface area contributed by atoms with E-state index >= 15 is 0 Å². The van der Waals surface area contributed by atoms with Crippen LogP contribution in [0.3, 0.4) is 0 Å². The van der Waals surface area contributed by atoms with E-state index in [1.807, 2.05) is 38.1 Å². The minimum atomic E-state index is -3.15. The van der Waals surface area contributed by atoms with E-state index in [1.54, 1.807) is 6.08 Å². The van der Waals surface area contributed by atoms with Crippen LogP contribution in [-0.2, 0) is 16.0 Å². The van der Waals surface area contributed by atoms with Gasteiger partial charge in [0.15, 0.2) is 0 Å². The molecule has 4 nitrogen and oxygen atoms in total. The third-order valence-corrected chi connectivity index (χ3v) is 6.66. The molecular weight excluding hydrogens is 378 g/mol. The Morgan fingerprint density at radius 2 is 1.76 bits per heavy atom. The summed E-state index contributed by atoms with van der Waals surface area (Å²) in [5.41, 5.74) is -1.60. The first-order valence-corrected chi connectivity index (χ1v) is 10.1. The second kappa shape index (κ2) is 7.54. The molecule has 1 fully saturated rings. The lowest BCUT2D eigenvalue weighted by atomic mass is 9.54. The van der Waals surface area contributed by atoms with E-state index in [4.69, 9.17) is 0 Å². The smallest absolute Gasteiger partial charge is 0.316 e. The van der Waals surface area contributed by atoms with Gasteiger partial charge in [-0.05, 0) is 55.6 Å². The summed E-state index contributed by atoms with van der Waals surface area (Å²) in [5.74, 6) is -4.06. The number of carbonyl (C=O) groups is 2. The molecule has 3 rings (SSSR count). The number of hydrogen-bond donors (Lipinski definition) is 2. The van der Waals surface area contributed by atoms with Crippen LogP contribution in [0.25, 0.3) is 0 Å². The second-order valence-corrected chi connectivity index (χ2v) is 9.06. The summed E-state index contributed by atoms with van der Waals surface area (Å²) in [7, 11) is 0. The van der Waals surface area contributed by atoms with Gasteiger partial charge in [0.05, 0.1) is 5.41 Å². The molecule has 1 aromatic rings. The number of carboxylic acid groups (broad SMARTS) is 2. The normalized spacial score (nSPS) is 29.8. The van der Waals surface area contributed by atoms with Crippen LogP contribution in [-0.4, -0.2) is 28.6 Å². The topological polar surface area (TPSA) is 74.6 Å². The van der Waals surface area contributed by atoms with Crippen molar-refractivity contribution in [1.82, 2.24) is 0 Å². The standard InChI is InChI=1S/C23H28F2O4/c1-13(2)17-7-5-4-6-16(17)10-14-11-22(3,20(26)27)18(15-8-9-15)23(12-14,19(24)25)21(28)29/h4-7,11,13,15,18-19H,8-10,12H2,1-3H3,(H,26,27)(H,28,29). The van der Waals surface area contributed by atoms with Crippen LogP contribution in [0.5, 0.6) is 0 Å². The maximum Gasteiger partial charge on any atom is 0.316 e. The molecule has 0 aliphatic heterocycles. The SMILES string of the molecule is CC(C)c1ccccc1CC1=CC(C)(C(=O)O)C(C2CC2)C(C(=O)O)(C(F)F)C1. The van der Waals surface area contributed by atoms with Crippen LogP contribution in [0.1, 0.15) is 57.1 Å².